The van der Waals surface area contributed by atoms with Crippen LogP contribution in [0.4, 0.5) is 5.69 Å². The lowest BCUT2D eigenvalue weighted by molar-refractivity contribution is -0.140. The van der Waals surface area contributed by atoms with E-state index in [1.165, 1.54) is 4.90 Å². The summed E-state index contributed by atoms with van der Waals surface area (Å²) in [4.78, 5) is 29.7. The van der Waals surface area contributed by atoms with Crippen molar-refractivity contribution in [3.8, 4) is 0 Å². The van der Waals surface area contributed by atoms with Crippen LogP contribution in [-0.2, 0) is 32.6 Å². The predicted octanol–water partition coefficient (Wildman–Crippen LogP) is 6.16. The zero-order chi connectivity index (χ0) is 30.3. The average Bonchev–Trinajstić information content (AvgIpc) is 2.96. The fraction of sp³-hybridized carbons (Fsp3) is 0.375. The molecule has 10 heteroatoms. The first-order valence-electron chi connectivity index (χ1n) is 14.1. The van der Waals surface area contributed by atoms with Crippen LogP contribution in [-0.4, -0.2) is 50.0 Å². The first-order valence-corrected chi connectivity index (χ1v) is 16.7. The van der Waals surface area contributed by atoms with Crippen molar-refractivity contribution in [2.75, 3.05) is 17.1 Å². The van der Waals surface area contributed by atoms with Gasteiger partial charge in [0.05, 0.1) is 22.0 Å². The number of sulfonamides is 1. The molecule has 4 rings (SSSR count). The van der Waals surface area contributed by atoms with Crippen LogP contribution in [0, 0.1) is 6.92 Å². The number of carbonyl (C=O) groups excluding carboxylic acids is 2. The molecule has 3 aromatic carbocycles. The van der Waals surface area contributed by atoms with Gasteiger partial charge in [-0.05, 0) is 54.7 Å². The minimum absolute atomic E-state index is 0.0333. The maximum atomic E-state index is 14.3. The molecular formula is C32H37Cl2N3O4S. The molecule has 0 aliphatic heterocycles. The summed E-state index contributed by atoms with van der Waals surface area (Å²) in [6.45, 7) is 1.37. The Balaban J connectivity index is 1.74. The Kier molecular flexibility index (Phi) is 10.9. The van der Waals surface area contributed by atoms with Crippen molar-refractivity contribution < 1.29 is 18.0 Å². The molecule has 0 saturated heterocycles. The Morgan fingerprint density at radius 3 is 2.21 bits per heavy atom. The maximum Gasteiger partial charge on any atom is 0.244 e. The van der Waals surface area contributed by atoms with Crippen molar-refractivity contribution in [2.24, 2.45) is 0 Å². The number of hydrogen-bond acceptors (Lipinski definition) is 4. The van der Waals surface area contributed by atoms with E-state index in [0.29, 0.717) is 26.9 Å². The SMILES string of the molecule is Cc1ccccc1N(CC(=O)N(Cc1ccc(Cl)c(Cl)c1)[C@@H](Cc1ccccc1)C(=O)NC1CCCCC1)S(C)(=O)=O. The Morgan fingerprint density at radius 1 is 0.905 bits per heavy atom. The molecule has 1 saturated carbocycles. The number of anilines is 1. The van der Waals surface area contributed by atoms with Crippen molar-refractivity contribution in [1.82, 2.24) is 10.2 Å². The summed E-state index contributed by atoms with van der Waals surface area (Å²) in [6.07, 6.45) is 6.34. The summed E-state index contributed by atoms with van der Waals surface area (Å²) in [6, 6.07) is 20.7. The fourth-order valence-corrected chi connectivity index (χ4v) is 6.60. The zero-order valence-corrected chi connectivity index (χ0v) is 26.3. The molecule has 0 bridgehead atoms. The summed E-state index contributed by atoms with van der Waals surface area (Å²) >= 11 is 12.5. The first-order chi connectivity index (χ1) is 20.0. The molecule has 0 radical (unpaired) electrons. The van der Waals surface area contributed by atoms with Crippen LogP contribution in [0.2, 0.25) is 10.0 Å². The summed E-state index contributed by atoms with van der Waals surface area (Å²) in [5.41, 5.74) is 2.67. The quantitative estimate of drug-likeness (QED) is 0.275. The van der Waals surface area contributed by atoms with Crippen molar-refractivity contribution in [3.05, 3.63) is 99.5 Å². The number of amides is 2. The third kappa shape index (κ3) is 8.49. The molecule has 2 amide bonds. The first kappa shape index (κ1) is 31.9. The minimum atomic E-state index is -3.84. The lowest BCUT2D eigenvalue weighted by Crippen LogP contribution is -2.55. The molecule has 7 nitrogen and oxygen atoms in total. The second kappa shape index (κ2) is 14.4. The highest BCUT2D eigenvalue weighted by molar-refractivity contribution is 7.92. The average molecular weight is 631 g/mol. The van der Waals surface area contributed by atoms with Gasteiger partial charge >= 0.3 is 0 Å². The highest BCUT2D eigenvalue weighted by Crippen LogP contribution is 2.26. The van der Waals surface area contributed by atoms with Crippen LogP contribution in [0.15, 0.2) is 72.8 Å². The van der Waals surface area contributed by atoms with Gasteiger partial charge in [0.2, 0.25) is 21.8 Å². The largest absolute Gasteiger partial charge is 0.352 e. The number of para-hydroxylation sites is 1. The van der Waals surface area contributed by atoms with Crippen molar-refractivity contribution >= 4 is 50.7 Å². The van der Waals surface area contributed by atoms with Crippen molar-refractivity contribution in [3.63, 3.8) is 0 Å². The Hall–Kier alpha value is -3.07. The standard InChI is InChI=1S/C32H37Cl2N3O4S/c1-23-11-9-10-16-29(23)37(42(2,40)41)22-31(38)36(21-25-17-18-27(33)28(34)19-25)30(20-24-12-5-3-6-13-24)32(39)35-26-14-7-4-8-15-26/h3,5-6,9-13,16-19,26,30H,4,7-8,14-15,20-22H2,1-2H3,(H,35,39)/t30-/m0/s1. The summed E-state index contributed by atoms with van der Waals surface area (Å²) < 4.78 is 27.1. The summed E-state index contributed by atoms with van der Waals surface area (Å²) in [5.74, 6) is -0.768. The van der Waals surface area contributed by atoms with E-state index in [0.717, 1.165) is 48.2 Å². The van der Waals surface area contributed by atoms with Crippen LogP contribution in [0.3, 0.4) is 0 Å². The number of halogens is 2. The van der Waals surface area contributed by atoms with E-state index in [1.54, 1.807) is 43.3 Å². The van der Waals surface area contributed by atoms with E-state index >= 15 is 0 Å². The molecule has 1 N–H and O–H groups in total. The number of hydrogen-bond donors (Lipinski definition) is 1. The van der Waals surface area contributed by atoms with Gasteiger partial charge in [-0.1, -0.05) is 97.1 Å². The second-order valence-electron chi connectivity index (χ2n) is 10.9. The van der Waals surface area contributed by atoms with Gasteiger partial charge in [0.15, 0.2) is 0 Å². The second-order valence-corrected chi connectivity index (χ2v) is 13.6. The lowest BCUT2D eigenvalue weighted by Gasteiger charge is -2.35. The Labute approximate surface area is 258 Å². The molecule has 0 aromatic heterocycles. The van der Waals surface area contributed by atoms with Gasteiger partial charge in [-0.2, -0.15) is 0 Å². The van der Waals surface area contributed by atoms with Crippen LogP contribution < -0.4 is 9.62 Å². The van der Waals surface area contributed by atoms with E-state index in [9.17, 15) is 18.0 Å². The van der Waals surface area contributed by atoms with Crippen LogP contribution >= 0.6 is 23.2 Å². The normalized spacial score (nSPS) is 14.7. The molecular weight excluding hydrogens is 593 g/mol. The highest BCUT2D eigenvalue weighted by Gasteiger charge is 2.34. The number of rotatable bonds is 11. The van der Waals surface area contributed by atoms with Gasteiger partial charge in [-0.3, -0.25) is 13.9 Å². The van der Waals surface area contributed by atoms with Gasteiger partial charge in [0.1, 0.15) is 12.6 Å². The zero-order valence-electron chi connectivity index (χ0n) is 23.9. The molecule has 224 valence electrons. The van der Waals surface area contributed by atoms with E-state index in [1.807, 2.05) is 36.4 Å². The molecule has 0 unspecified atom stereocenters. The smallest absolute Gasteiger partial charge is 0.244 e. The van der Waals surface area contributed by atoms with Gasteiger partial charge in [-0.15, -0.1) is 0 Å². The fourth-order valence-electron chi connectivity index (χ4n) is 5.37. The van der Waals surface area contributed by atoms with Gasteiger partial charge in [-0.25, -0.2) is 8.42 Å². The molecule has 1 aliphatic carbocycles. The van der Waals surface area contributed by atoms with E-state index in [-0.39, 0.29) is 24.9 Å². The van der Waals surface area contributed by atoms with Crippen molar-refractivity contribution in [1.29, 1.82) is 0 Å². The number of carbonyl (C=O) groups is 2. The molecule has 42 heavy (non-hydrogen) atoms. The van der Waals surface area contributed by atoms with Crippen LogP contribution in [0.1, 0.15) is 48.8 Å². The van der Waals surface area contributed by atoms with E-state index in [2.05, 4.69) is 5.32 Å². The molecule has 0 spiro atoms. The van der Waals surface area contributed by atoms with Crippen LogP contribution in [0.25, 0.3) is 0 Å². The lowest BCUT2D eigenvalue weighted by atomic mass is 9.94. The monoisotopic (exact) mass is 629 g/mol. The summed E-state index contributed by atoms with van der Waals surface area (Å²) in [5, 5.41) is 3.89. The summed E-state index contributed by atoms with van der Waals surface area (Å²) in [7, 11) is -3.84. The molecule has 1 fully saturated rings. The third-order valence-corrected chi connectivity index (χ3v) is 9.49. The number of aryl methyl sites for hydroxylation is 1. The Bertz CT molecular complexity index is 1490. The van der Waals surface area contributed by atoms with E-state index < -0.39 is 28.5 Å². The predicted molar refractivity (Wildman–Crippen MR) is 169 cm³/mol. The molecule has 3 aromatic rings. The van der Waals surface area contributed by atoms with Crippen LogP contribution in [0.5, 0.6) is 0 Å². The van der Waals surface area contributed by atoms with Gasteiger partial charge < -0.3 is 10.2 Å². The highest BCUT2D eigenvalue weighted by atomic mass is 35.5. The van der Waals surface area contributed by atoms with Gasteiger partial charge in [0.25, 0.3) is 0 Å². The van der Waals surface area contributed by atoms with E-state index in [4.69, 9.17) is 23.2 Å². The number of nitrogens with zero attached hydrogens (tertiary/aromatic N) is 2. The molecule has 0 heterocycles. The van der Waals surface area contributed by atoms with Gasteiger partial charge in [0, 0.05) is 19.0 Å². The van der Waals surface area contributed by atoms with Crippen molar-refractivity contribution in [2.45, 2.75) is 64.1 Å². The Morgan fingerprint density at radius 2 is 1.57 bits per heavy atom. The topological polar surface area (TPSA) is 86.8 Å². The third-order valence-electron chi connectivity index (χ3n) is 7.62. The minimum Gasteiger partial charge on any atom is -0.352 e. The molecule has 1 atom stereocenters. The maximum absolute atomic E-state index is 14.3. The molecule has 1 aliphatic rings. The number of nitrogens with one attached hydrogen (secondary N) is 1. The number of benzene rings is 3.